The number of aliphatic hydroxyl groups excluding tert-OH is 1. The van der Waals surface area contributed by atoms with E-state index in [0.717, 1.165) is 37.1 Å². The van der Waals surface area contributed by atoms with Gasteiger partial charge in [-0.05, 0) is 37.0 Å². The predicted molar refractivity (Wildman–Crippen MR) is 97.7 cm³/mol. The number of benzene rings is 1. The van der Waals surface area contributed by atoms with Crippen molar-refractivity contribution in [3.05, 3.63) is 46.2 Å². The number of hydrogen-bond donors (Lipinski definition) is 1. The third-order valence-corrected chi connectivity index (χ3v) is 4.65. The van der Waals surface area contributed by atoms with E-state index in [2.05, 4.69) is 16.9 Å². The van der Waals surface area contributed by atoms with Gasteiger partial charge in [0.25, 0.3) is 0 Å². The van der Waals surface area contributed by atoms with Crippen LogP contribution in [0.1, 0.15) is 56.9 Å². The Balaban J connectivity index is 1.47. The zero-order valence-corrected chi connectivity index (χ0v) is 15.2. The second kappa shape index (κ2) is 10.2. The normalized spacial score (nSPS) is 14.0. The van der Waals surface area contributed by atoms with Crippen molar-refractivity contribution < 1.29 is 19.4 Å². The summed E-state index contributed by atoms with van der Waals surface area (Å²) in [6.07, 6.45) is 8.91. The van der Waals surface area contributed by atoms with Crippen LogP contribution in [-0.2, 0) is 20.7 Å². The van der Waals surface area contributed by atoms with E-state index < -0.39 is 5.97 Å². The molecule has 4 nitrogen and oxygen atoms in total. The Hall–Kier alpha value is -1.81. The molecule has 25 heavy (non-hydrogen) atoms. The summed E-state index contributed by atoms with van der Waals surface area (Å²) >= 11 is 5.87. The number of ketones is 1. The standard InChI is InChI=1S/C20H25ClO4/c21-16-12-10-15(11-13-16)8-6-4-2-1-3-5-7-9-17(22)19-18(23)14-25-20(19)24/h10-13,23H,1-9,14H2. The van der Waals surface area contributed by atoms with Crippen molar-refractivity contribution in [2.45, 2.75) is 57.8 Å². The Labute approximate surface area is 153 Å². The molecule has 136 valence electrons. The van der Waals surface area contributed by atoms with Crippen LogP contribution < -0.4 is 0 Å². The molecule has 0 bridgehead atoms. The minimum absolute atomic E-state index is 0.151. The van der Waals surface area contributed by atoms with E-state index in [1.165, 1.54) is 24.8 Å². The van der Waals surface area contributed by atoms with E-state index in [4.69, 9.17) is 11.6 Å². The van der Waals surface area contributed by atoms with E-state index in [9.17, 15) is 14.7 Å². The quantitative estimate of drug-likeness (QED) is 0.343. The lowest BCUT2D eigenvalue weighted by Crippen LogP contribution is -2.10. The highest BCUT2D eigenvalue weighted by Crippen LogP contribution is 2.18. The molecule has 1 heterocycles. The van der Waals surface area contributed by atoms with Crippen LogP contribution in [0.15, 0.2) is 35.6 Å². The highest BCUT2D eigenvalue weighted by molar-refractivity contribution is 6.30. The largest absolute Gasteiger partial charge is 0.508 e. The average Bonchev–Trinajstić information content (AvgIpc) is 2.93. The van der Waals surface area contributed by atoms with Gasteiger partial charge >= 0.3 is 5.97 Å². The summed E-state index contributed by atoms with van der Waals surface area (Å²) in [4.78, 5) is 23.2. The van der Waals surface area contributed by atoms with Crippen LogP contribution in [-0.4, -0.2) is 23.5 Å². The minimum atomic E-state index is -0.691. The third-order valence-electron chi connectivity index (χ3n) is 4.39. The Morgan fingerprint density at radius 1 is 1.00 bits per heavy atom. The van der Waals surface area contributed by atoms with Crippen LogP contribution in [0.4, 0.5) is 0 Å². The molecule has 1 aliphatic rings. The second-order valence-corrected chi connectivity index (χ2v) is 6.86. The Morgan fingerprint density at radius 2 is 1.60 bits per heavy atom. The van der Waals surface area contributed by atoms with Gasteiger partial charge in [0.05, 0.1) is 0 Å². The summed E-state index contributed by atoms with van der Waals surface area (Å²) in [6, 6.07) is 8.01. The molecule has 0 spiro atoms. The topological polar surface area (TPSA) is 63.6 Å². The first-order valence-corrected chi connectivity index (χ1v) is 9.32. The number of Topliss-reactive ketones (excluding diaryl/α,β-unsaturated/α-hetero) is 1. The number of carbonyl (C=O) groups excluding carboxylic acids is 2. The van der Waals surface area contributed by atoms with Crippen LogP contribution in [0.2, 0.25) is 5.02 Å². The second-order valence-electron chi connectivity index (χ2n) is 6.42. The van der Waals surface area contributed by atoms with Crippen molar-refractivity contribution in [3.8, 4) is 0 Å². The number of cyclic esters (lactones) is 1. The molecule has 0 atom stereocenters. The maximum Gasteiger partial charge on any atom is 0.345 e. The fourth-order valence-corrected chi connectivity index (χ4v) is 3.07. The summed E-state index contributed by atoms with van der Waals surface area (Å²) in [6.45, 7) is -0.171. The van der Waals surface area contributed by atoms with E-state index in [1.807, 2.05) is 12.1 Å². The lowest BCUT2D eigenvalue weighted by molar-refractivity contribution is -0.137. The van der Waals surface area contributed by atoms with E-state index in [0.29, 0.717) is 6.42 Å². The number of rotatable bonds is 11. The van der Waals surface area contributed by atoms with E-state index in [1.54, 1.807) is 0 Å². The molecule has 1 aliphatic heterocycles. The highest BCUT2D eigenvalue weighted by Gasteiger charge is 2.29. The lowest BCUT2D eigenvalue weighted by atomic mass is 10.0. The summed E-state index contributed by atoms with van der Waals surface area (Å²) in [5, 5.41) is 10.2. The van der Waals surface area contributed by atoms with Gasteiger partial charge in [-0.25, -0.2) is 4.79 Å². The van der Waals surface area contributed by atoms with Crippen LogP contribution >= 0.6 is 11.6 Å². The molecule has 0 radical (unpaired) electrons. The maximum absolute atomic E-state index is 11.9. The number of ether oxygens (including phenoxy) is 1. The summed E-state index contributed by atoms with van der Waals surface area (Å²) in [5.41, 5.74) is 1.17. The van der Waals surface area contributed by atoms with Gasteiger partial charge in [0.2, 0.25) is 0 Å². The zero-order valence-electron chi connectivity index (χ0n) is 14.4. The summed E-state index contributed by atoms with van der Waals surface area (Å²) < 4.78 is 4.63. The molecule has 0 saturated heterocycles. The molecule has 1 aromatic carbocycles. The minimum Gasteiger partial charge on any atom is -0.508 e. The Bertz CT molecular complexity index is 619. The van der Waals surface area contributed by atoms with E-state index in [-0.39, 0.29) is 23.7 Å². The molecule has 0 amide bonds. The monoisotopic (exact) mass is 364 g/mol. The smallest absolute Gasteiger partial charge is 0.345 e. The number of aryl methyl sites for hydroxylation is 1. The van der Waals surface area contributed by atoms with E-state index >= 15 is 0 Å². The molecule has 1 aromatic rings. The molecule has 0 unspecified atom stereocenters. The number of halogens is 1. The lowest BCUT2D eigenvalue weighted by Gasteiger charge is -2.03. The van der Waals surface area contributed by atoms with Gasteiger partial charge in [-0.3, -0.25) is 4.79 Å². The first-order valence-electron chi connectivity index (χ1n) is 8.95. The average molecular weight is 365 g/mol. The van der Waals surface area contributed by atoms with Crippen LogP contribution in [0.5, 0.6) is 0 Å². The highest BCUT2D eigenvalue weighted by atomic mass is 35.5. The molecule has 1 N–H and O–H groups in total. The van der Waals surface area contributed by atoms with Gasteiger partial charge < -0.3 is 9.84 Å². The van der Waals surface area contributed by atoms with Gasteiger partial charge in [0, 0.05) is 11.4 Å². The van der Waals surface area contributed by atoms with Gasteiger partial charge in [0.1, 0.15) is 17.9 Å². The van der Waals surface area contributed by atoms with Crippen molar-refractivity contribution in [2.24, 2.45) is 0 Å². The molecular formula is C20H25ClO4. The van der Waals surface area contributed by atoms with Crippen LogP contribution in [0.25, 0.3) is 0 Å². The van der Waals surface area contributed by atoms with Gasteiger partial charge in [-0.15, -0.1) is 0 Å². The maximum atomic E-state index is 11.9. The van der Waals surface area contributed by atoms with Crippen molar-refractivity contribution in [2.75, 3.05) is 6.61 Å². The van der Waals surface area contributed by atoms with Crippen LogP contribution in [0, 0.1) is 0 Å². The summed E-state index contributed by atoms with van der Waals surface area (Å²) in [7, 11) is 0. The number of unbranched alkanes of at least 4 members (excludes halogenated alkanes) is 6. The first-order chi connectivity index (χ1) is 12.1. The molecule has 0 saturated carbocycles. The number of esters is 1. The molecule has 5 heteroatoms. The first kappa shape index (κ1) is 19.5. The predicted octanol–water partition coefficient (Wildman–Crippen LogP) is 4.94. The number of carbonyl (C=O) groups is 2. The molecule has 2 rings (SSSR count). The van der Waals surface area contributed by atoms with Crippen molar-refractivity contribution in [3.63, 3.8) is 0 Å². The molecular weight excluding hydrogens is 340 g/mol. The number of aliphatic hydroxyl groups is 1. The molecule has 0 fully saturated rings. The SMILES string of the molecule is O=C(CCCCCCCCCc1ccc(Cl)cc1)C1=C(O)COC1=O. The Kier molecular flexibility index (Phi) is 7.99. The Morgan fingerprint density at radius 3 is 2.20 bits per heavy atom. The van der Waals surface area contributed by atoms with Crippen LogP contribution in [0.3, 0.4) is 0 Å². The van der Waals surface area contributed by atoms with Crippen molar-refractivity contribution in [1.82, 2.24) is 0 Å². The summed E-state index contributed by atoms with van der Waals surface area (Å²) in [5.74, 6) is -1.22. The van der Waals surface area contributed by atoms with Gasteiger partial charge in [-0.1, -0.05) is 55.8 Å². The molecule has 0 aromatic heterocycles. The van der Waals surface area contributed by atoms with Gasteiger partial charge in [0.15, 0.2) is 5.78 Å². The zero-order chi connectivity index (χ0) is 18.1. The fourth-order valence-electron chi connectivity index (χ4n) is 2.95. The van der Waals surface area contributed by atoms with Crippen molar-refractivity contribution >= 4 is 23.4 Å². The number of hydrogen-bond acceptors (Lipinski definition) is 4. The molecule has 0 aliphatic carbocycles. The third kappa shape index (κ3) is 6.54. The van der Waals surface area contributed by atoms with Crippen molar-refractivity contribution in [1.29, 1.82) is 0 Å². The van der Waals surface area contributed by atoms with Gasteiger partial charge in [-0.2, -0.15) is 0 Å². The fraction of sp³-hybridized carbons (Fsp3) is 0.500.